The largest absolute Gasteiger partial charge is 0.573 e. The van der Waals surface area contributed by atoms with Crippen LogP contribution in [0.5, 0.6) is 5.75 Å². The number of ether oxygens (including phenoxy) is 1. The fraction of sp³-hybridized carbons (Fsp3) is 0.368. The first-order valence-corrected chi connectivity index (χ1v) is 8.06. The van der Waals surface area contributed by atoms with Crippen molar-refractivity contribution in [3.63, 3.8) is 0 Å². The summed E-state index contributed by atoms with van der Waals surface area (Å²) >= 11 is 0. The van der Waals surface area contributed by atoms with Gasteiger partial charge in [0, 0.05) is 12.5 Å². The van der Waals surface area contributed by atoms with Crippen LogP contribution in [0.3, 0.4) is 0 Å². The maximum Gasteiger partial charge on any atom is 0.573 e. The number of rotatable bonds is 6. The topological polar surface area (TPSA) is 39.2 Å². The van der Waals surface area contributed by atoms with Gasteiger partial charge in [0.15, 0.2) is 5.78 Å². The number of hydrogen-bond donors (Lipinski definition) is 0. The Morgan fingerprint density at radius 3 is 2.56 bits per heavy atom. The normalized spacial score (nSPS) is 12.7. The molecule has 3 nitrogen and oxygen atoms in total. The molecule has 1 aromatic heterocycles. The molecule has 1 unspecified atom stereocenters. The van der Waals surface area contributed by atoms with E-state index in [0.29, 0.717) is 22.9 Å². The molecule has 0 bridgehead atoms. The summed E-state index contributed by atoms with van der Waals surface area (Å²) in [6.45, 7) is 5.61. The van der Waals surface area contributed by atoms with Crippen LogP contribution < -0.4 is 4.74 Å². The van der Waals surface area contributed by atoms with Gasteiger partial charge < -0.3 is 4.74 Å². The average Bonchev–Trinajstić information content (AvgIpc) is 2.53. The Kier molecular flexibility index (Phi) is 5.82. The standard InChI is InChI=1S/C19H20F3NO2/c1-4-12(2)10-15-8-9-17(23-18(15)13(3)24)14-6-5-7-16(11-14)25-19(20,21)22/h5-9,11-12H,4,10H2,1-3H3. The number of halogens is 3. The summed E-state index contributed by atoms with van der Waals surface area (Å²) in [5, 5.41) is 0. The van der Waals surface area contributed by atoms with Crippen molar-refractivity contribution < 1.29 is 22.7 Å². The second kappa shape index (κ2) is 7.68. The van der Waals surface area contributed by atoms with Crippen LogP contribution in [0, 0.1) is 5.92 Å². The minimum Gasteiger partial charge on any atom is -0.406 e. The van der Waals surface area contributed by atoms with Gasteiger partial charge >= 0.3 is 6.36 Å². The molecule has 1 atom stereocenters. The maximum absolute atomic E-state index is 12.4. The zero-order valence-corrected chi connectivity index (χ0v) is 14.4. The quantitative estimate of drug-likeness (QED) is 0.651. The van der Waals surface area contributed by atoms with Gasteiger partial charge in [-0.2, -0.15) is 0 Å². The predicted molar refractivity (Wildman–Crippen MR) is 89.5 cm³/mol. The summed E-state index contributed by atoms with van der Waals surface area (Å²) in [5.74, 6) is -0.0723. The zero-order valence-electron chi connectivity index (χ0n) is 14.4. The third-order valence-corrected chi connectivity index (χ3v) is 3.94. The highest BCUT2D eigenvalue weighted by molar-refractivity contribution is 5.94. The molecule has 0 saturated heterocycles. The highest BCUT2D eigenvalue weighted by Crippen LogP contribution is 2.28. The number of aromatic nitrogens is 1. The number of carbonyl (C=O) groups excluding carboxylic acids is 1. The van der Waals surface area contributed by atoms with Crippen molar-refractivity contribution in [1.29, 1.82) is 0 Å². The van der Waals surface area contributed by atoms with Gasteiger partial charge in [-0.3, -0.25) is 4.79 Å². The van der Waals surface area contributed by atoms with Crippen LogP contribution in [0.4, 0.5) is 13.2 Å². The lowest BCUT2D eigenvalue weighted by Crippen LogP contribution is -2.17. The summed E-state index contributed by atoms with van der Waals surface area (Å²) in [5.41, 5.74) is 2.11. The van der Waals surface area contributed by atoms with Gasteiger partial charge in [0.25, 0.3) is 0 Å². The molecular formula is C19H20F3NO2. The Bertz CT molecular complexity index is 757. The average molecular weight is 351 g/mol. The molecule has 0 fully saturated rings. The summed E-state index contributed by atoms with van der Waals surface area (Å²) in [6, 6.07) is 9.11. The molecule has 2 rings (SSSR count). The second-order valence-electron chi connectivity index (χ2n) is 6.05. The zero-order chi connectivity index (χ0) is 18.6. The lowest BCUT2D eigenvalue weighted by Gasteiger charge is -2.13. The molecule has 0 aliphatic heterocycles. The molecule has 0 N–H and O–H groups in total. The van der Waals surface area contributed by atoms with E-state index >= 15 is 0 Å². The van der Waals surface area contributed by atoms with Crippen LogP contribution in [-0.4, -0.2) is 17.1 Å². The number of hydrogen-bond acceptors (Lipinski definition) is 3. The Morgan fingerprint density at radius 2 is 1.96 bits per heavy atom. The van der Waals surface area contributed by atoms with Crippen molar-refractivity contribution in [2.24, 2.45) is 5.92 Å². The first kappa shape index (κ1) is 19.0. The predicted octanol–water partition coefficient (Wildman–Crippen LogP) is 5.44. The number of carbonyl (C=O) groups is 1. The van der Waals surface area contributed by atoms with Gasteiger partial charge in [-0.15, -0.1) is 13.2 Å². The van der Waals surface area contributed by atoms with Gasteiger partial charge in [0.1, 0.15) is 11.4 Å². The molecule has 134 valence electrons. The van der Waals surface area contributed by atoms with Gasteiger partial charge in [-0.1, -0.05) is 38.5 Å². The fourth-order valence-electron chi connectivity index (χ4n) is 2.49. The molecule has 0 aliphatic rings. The van der Waals surface area contributed by atoms with Crippen molar-refractivity contribution in [2.45, 2.75) is 40.0 Å². The number of benzene rings is 1. The van der Waals surface area contributed by atoms with Crippen molar-refractivity contribution in [3.8, 4) is 17.0 Å². The van der Waals surface area contributed by atoms with E-state index < -0.39 is 6.36 Å². The molecule has 1 aromatic carbocycles. The monoisotopic (exact) mass is 351 g/mol. The van der Waals surface area contributed by atoms with Crippen LogP contribution in [0.15, 0.2) is 36.4 Å². The van der Waals surface area contributed by atoms with E-state index in [9.17, 15) is 18.0 Å². The fourth-order valence-corrected chi connectivity index (χ4v) is 2.49. The van der Waals surface area contributed by atoms with Crippen molar-refractivity contribution in [1.82, 2.24) is 4.98 Å². The van der Waals surface area contributed by atoms with E-state index in [1.54, 1.807) is 12.1 Å². The molecule has 2 aromatic rings. The van der Waals surface area contributed by atoms with Crippen molar-refractivity contribution in [2.75, 3.05) is 0 Å². The third kappa shape index (κ3) is 5.31. The molecule has 1 heterocycles. The Balaban J connectivity index is 2.38. The van der Waals surface area contributed by atoms with E-state index in [-0.39, 0.29) is 11.5 Å². The number of ketones is 1. The number of nitrogens with zero attached hydrogens (tertiary/aromatic N) is 1. The van der Waals surface area contributed by atoms with E-state index in [1.165, 1.54) is 25.1 Å². The highest BCUT2D eigenvalue weighted by atomic mass is 19.4. The molecule has 0 saturated carbocycles. The third-order valence-electron chi connectivity index (χ3n) is 3.94. The van der Waals surface area contributed by atoms with E-state index in [2.05, 4.69) is 23.6 Å². The SMILES string of the molecule is CCC(C)Cc1ccc(-c2cccc(OC(F)(F)F)c2)nc1C(C)=O. The van der Waals surface area contributed by atoms with Crippen LogP contribution in [0.1, 0.15) is 43.2 Å². The molecule has 25 heavy (non-hydrogen) atoms. The van der Waals surface area contributed by atoms with Crippen molar-refractivity contribution >= 4 is 5.78 Å². The molecule has 0 aliphatic carbocycles. The molecule has 0 spiro atoms. The Hall–Kier alpha value is -2.37. The summed E-state index contributed by atoms with van der Waals surface area (Å²) in [7, 11) is 0. The Morgan fingerprint density at radius 1 is 1.24 bits per heavy atom. The maximum atomic E-state index is 12.4. The van der Waals surface area contributed by atoms with Gasteiger partial charge in [-0.05, 0) is 36.1 Å². The van der Waals surface area contributed by atoms with Crippen LogP contribution in [-0.2, 0) is 6.42 Å². The molecular weight excluding hydrogens is 331 g/mol. The van der Waals surface area contributed by atoms with Crippen LogP contribution >= 0.6 is 0 Å². The van der Waals surface area contributed by atoms with Crippen LogP contribution in [0.25, 0.3) is 11.3 Å². The molecule has 0 amide bonds. The van der Waals surface area contributed by atoms with Gasteiger partial charge in [0.2, 0.25) is 0 Å². The second-order valence-corrected chi connectivity index (χ2v) is 6.05. The molecule has 0 radical (unpaired) electrons. The number of pyridine rings is 1. The summed E-state index contributed by atoms with van der Waals surface area (Å²) in [4.78, 5) is 16.3. The minimum absolute atomic E-state index is 0.164. The Labute approximate surface area is 144 Å². The van der Waals surface area contributed by atoms with Gasteiger partial charge in [-0.25, -0.2) is 4.98 Å². The van der Waals surface area contributed by atoms with E-state index in [4.69, 9.17) is 0 Å². The first-order valence-electron chi connectivity index (χ1n) is 8.06. The lowest BCUT2D eigenvalue weighted by atomic mass is 9.96. The van der Waals surface area contributed by atoms with Crippen molar-refractivity contribution in [3.05, 3.63) is 47.7 Å². The van der Waals surface area contributed by atoms with E-state index in [1.807, 2.05) is 6.07 Å². The number of alkyl halides is 3. The number of Topliss-reactive ketones (excluding diaryl/α,β-unsaturated/α-hetero) is 1. The molecule has 6 heteroatoms. The minimum atomic E-state index is -4.75. The smallest absolute Gasteiger partial charge is 0.406 e. The van der Waals surface area contributed by atoms with E-state index in [0.717, 1.165) is 18.4 Å². The lowest BCUT2D eigenvalue weighted by molar-refractivity contribution is -0.274. The highest BCUT2D eigenvalue weighted by Gasteiger charge is 2.31. The van der Waals surface area contributed by atoms with Crippen LogP contribution in [0.2, 0.25) is 0 Å². The van der Waals surface area contributed by atoms with Gasteiger partial charge in [0.05, 0.1) is 5.69 Å². The summed E-state index contributed by atoms with van der Waals surface area (Å²) in [6.07, 6.45) is -3.04. The summed E-state index contributed by atoms with van der Waals surface area (Å²) < 4.78 is 41.1. The first-order chi connectivity index (χ1) is 11.7.